The molecule has 2 amide bonds. The van der Waals surface area contributed by atoms with Gasteiger partial charge >= 0.3 is 6.03 Å². The molecule has 0 bridgehead atoms. The fourth-order valence-corrected chi connectivity index (χ4v) is 3.69. The van der Waals surface area contributed by atoms with Crippen molar-refractivity contribution >= 4 is 11.7 Å². The molecule has 0 atom stereocenters. The lowest BCUT2D eigenvalue weighted by Crippen LogP contribution is -2.51. The summed E-state index contributed by atoms with van der Waals surface area (Å²) in [6.45, 7) is 0.889. The van der Waals surface area contributed by atoms with E-state index in [9.17, 15) is 9.18 Å². The number of hydrogen-bond donors (Lipinski definition) is 2. The van der Waals surface area contributed by atoms with E-state index in [2.05, 4.69) is 29.6 Å². The van der Waals surface area contributed by atoms with E-state index < -0.39 is 0 Å². The lowest BCUT2D eigenvalue weighted by Gasteiger charge is -2.36. The summed E-state index contributed by atoms with van der Waals surface area (Å²) in [5.41, 5.74) is 1.45. The third kappa shape index (κ3) is 5.23. The first-order valence-electron chi connectivity index (χ1n) is 9.66. The van der Waals surface area contributed by atoms with Crippen molar-refractivity contribution in [1.82, 2.24) is 10.2 Å². The number of carbonyl (C=O) groups is 1. The van der Waals surface area contributed by atoms with Gasteiger partial charge in [0.2, 0.25) is 0 Å². The lowest BCUT2D eigenvalue weighted by atomic mass is 9.96. The monoisotopic (exact) mass is 385 g/mol. The molecule has 0 radical (unpaired) electrons. The van der Waals surface area contributed by atoms with Gasteiger partial charge in [-0.05, 0) is 56.8 Å². The zero-order valence-electron chi connectivity index (χ0n) is 16.5. The highest BCUT2D eigenvalue weighted by molar-refractivity contribution is 5.89. The molecule has 0 unspecified atom stereocenters. The summed E-state index contributed by atoms with van der Waals surface area (Å²) in [5.74, 6) is 0.327. The summed E-state index contributed by atoms with van der Waals surface area (Å²) in [6.07, 6.45) is 4.60. The van der Waals surface area contributed by atoms with Crippen molar-refractivity contribution in [2.75, 3.05) is 26.0 Å². The largest absolute Gasteiger partial charge is 0.489 e. The number of carbonyl (C=O) groups excluding carboxylic acids is 1. The Kier molecular flexibility index (Phi) is 6.52. The number of urea groups is 1. The molecule has 1 fully saturated rings. The molecule has 0 aliphatic heterocycles. The zero-order chi connectivity index (χ0) is 20.0. The Morgan fingerprint density at radius 1 is 1.14 bits per heavy atom. The first-order valence-corrected chi connectivity index (χ1v) is 9.66. The van der Waals surface area contributed by atoms with Crippen LogP contribution in [-0.4, -0.2) is 37.1 Å². The second kappa shape index (κ2) is 9.06. The zero-order valence-corrected chi connectivity index (χ0v) is 16.5. The average molecular weight is 385 g/mol. The fourth-order valence-electron chi connectivity index (χ4n) is 3.69. The van der Waals surface area contributed by atoms with Crippen LogP contribution in [0.4, 0.5) is 14.9 Å². The molecule has 2 aromatic carbocycles. The first-order chi connectivity index (χ1) is 13.5. The average Bonchev–Trinajstić information content (AvgIpc) is 3.16. The van der Waals surface area contributed by atoms with Gasteiger partial charge < -0.3 is 20.3 Å². The topological polar surface area (TPSA) is 53.6 Å². The SMILES string of the molecule is CN(C)C1(CNC(=O)Nc2cccc(OCc3cccc(F)c3)c2)CCCC1. The highest BCUT2D eigenvalue weighted by Gasteiger charge is 2.36. The van der Waals surface area contributed by atoms with Crippen molar-refractivity contribution in [3.8, 4) is 5.75 Å². The van der Waals surface area contributed by atoms with E-state index in [1.54, 1.807) is 12.1 Å². The number of nitrogens with one attached hydrogen (secondary N) is 2. The van der Waals surface area contributed by atoms with Crippen LogP contribution in [0.3, 0.4) is 0 Å². The number of amides is 2. The van der Waals surface area contributed by atoms with Gasteiger partial charge in [-0.15, -0.1) is 0 Å². The smallest absolute Gasteiger partial charge is 0.319 e. The van der Waals surface area contributed by atoms with Crippen molar-refractivity contribution in [3.63, 3.8) is 0 Å². The second-order valence-corrected chi connectivity index (χ2v) is 7.58. The van der Waals surface area contributed by atoms with E-state index in [1.807, 2.05) is 24.3 Å². The van der Waals surface area contributed by atoms with Crippen LogP contribution in [0.1, 0.15) is 31.2 Å². The minimum absolute atomic E-state index is 0.0489. The highest BCUT2D eigenvalue weighted by atomic mass is 19.1. The van der Waals surface area contributed by atoms with Crippen molar-refractivity contribution in [2.45, 2.75) is 37.8 Å². The minimum Gasteiger partial charge on any atom is -0.489 e. The molecule has 3 rings (SSSR count). The van der Waals surface area contributed by atoms with Gasteiger partial charge in [0.25, 0.3) is 0 Å². The number of halogens is 1. The Morgan fingerprint density at radius 3 is 2.61 bits per heavy atom. The third-order valence-electron chi connectivity index (χ3n) is 5.45. The van der Waals surface area contributed by atoms with E-state index in [4.69, 9.17) is 4.74 Å². The molecular weight excluding hydrogens is 357 g/mol. The van der Waals surface area contributed by atoms with Gasteiger partial charge in [-0.25, -0.2) is 9.18 Å². The van der Waals surface area contributed by atoms with E-state index in [0.29, 0.717) is 18.0 Å². The van der Waals surface area contributed by atoms with Crippen molar-refractivity contribution in [3.05, 3.63) is 59.9 Å². The van der Waals surface area contributed by atoms with Gasteiger partial charge in [0.05, 0.1) is 0 Å². The van der Waals surface area contributed by atoms with E-state index in [0.717, 1.165) is 18.4 Å². The van der Waals surface area contributed by atoms with Crippen LogP contribution in [0.25, 0.3) is 0 Å². The Hall–Kier alpha value is -2.60. The number of nitrogens with zero attached hydrogens (tertiary/aromatic N) is 1. The summed E-state index contributed by atoms with van der Waals surface area (Å²) in [7, 11) is 4.15. The number of hydrogen-bond acceptors (Lipinski definition) is 3. The Labute approximate surface area is 165 Å². The summed E-state index contributed by atoms with van der Waals surface area (Å²) in [4.78, 5) is 14.6. The van der Waals surface area contributed by atoms with E-state index >= 15 is 0 Å². The summed E-state index contributed by atoms with van der Waals surface area (Å²) < 4.78 is 19.0. The summed E-state index contributed by atoms with van der Waals surface area (Å²) in [5, 5.41) is 5.87. The maximum Gasteiger partial charge on any atom is 0.319 e. The predicted octanol–water partition coefficient (Wildman–Crippen LogP) is 4.40. The third-order valence-corrected chi connectivity index (χ3v) is 5.45. The van der Waals surface area contributed by atoms with Gasteiger partial charge in [0, 0.05) is 23.8 Å². The number of anilines is 1. The molecule has 28 heavy (non-hydrogen) atoms. The van der Waals surface area contributed by atoms with Crippen LogP contribution in [0.5, 0.6) is 5.75 Å². The molecule has 0 aromatic heterocycles. The van der Waals surface area contributed by atoms with Crippen LogP contribution in [0.2, 0.25) is 0 Å². The molecule has 2 N–H and O–H groups in total. The Morgan fingerprint density at radius 2 is 1.89 bits per heavy atom. The molecule has 6 heteroatoms. The van der Waals surface area contributed by atoms with Crippen LogP contribution < -0.4 is 15.4 Å². The summed E-state index contributed by atoms with van der Waals surface area (Å²) in [6, 6.07) is 13.3. The lowest BCUT2D eigenvalue weighted by molar-refractivity contribution is 0.156. The Balaban J connectivity index is 1.53. The number of rotatable bonds is 7. The normalized spacial score (nSPS) is 15.4. The van der Waals surface area contributed by atoms with E-state index in [1.165, 1.54) is 25.0 Å². The maximum absolute atomic E-state index is 13.2. The molecule has 0 saturated heterocycles. The van der Waals surface area contributed by atoms with Gasteiger partial charge in [-0.2, -0.15) is 0 Å². The van der Waals surface area contributed by atoms with Crippen LogP contribution in [-0.2, 0) is 6.61 Å². The maximum atomic E-state index is 13.2. The number of ether oxygens (including phenoxy) is 1. The Bertz CT molecular complexity index is 804. The molecule has 0 heterocycles. The standard InChI is InChI=1S/C22H28FN3O2/c1-26(2)22(11-3-4-12-22)16-24-21(27)25-19-9-6-10-20(14-19)28-15-17-7-5-8-18(23)13-17/h5-10,13-14H,3-4,11-12,15-16H2,1-2H3,(H2,24,25,27). The first kappa shape index (κ1) is 20.1. The molecule has 2 aromatic rings. The highest BCUT2D eigenvalue weighted by Crippen LogP contribution is 2.33. The van der Waals surface area contributed by atoms with Gasteiger partial charge in [0.1, 0.15) is 18.2 Å². The van der Waals surface area contributed by atoms with E-state index in [-0.39, 0.29) is 24.0 Å². The summed E-state index contributed by atoms with van der Waals surface area (Å²) >= 11 is 0. The van der Waals surface area contributed by atoms with Crippen LogP contribution in [0.15, 0.2) is 48.5 Å². The van der Waals surface area contributed by atoms with Crippen molar-refractivity contribution < 1.29 is 13.9 Å². The molecule has 150 valence electrons. The molecule has 1 aliphatic rings. The van der Waals surface area contributed by atoms with Crippen LogP contribution >= 0.6 is 0 Å². The number of likely N-dealkylation sites (N-methyl/N-ethyl adjacent to an activating group) is 1. The fraction of sp³-hybridized carbons (Fsp3) is 0.409. The minimum atomic E-state index is -0.286. The molecule has 0 spiro atoms. The number of benzene rings is 2. The van der Waals surface area contributed by atoms with Crippen LogP contribution in [0, 0.1) is 5.82 Å². The molecule has 5 nitrogen and oxygen atoms in total. The second-order valence-electron chi connectivity index (χ2n) is 7.58. The van der Waals surface area contributed by atoms with Crippen molar-refractivity contribution in [2.24, 2.45) is 0 Å². The van der Waals surface area contributed by atoms with Gasteiger partial charge in [-0.3, -0.25) is 0 Å². The predicted molar refractivity (Wildman–Crippen MR) is 109 cm³/mol. The van der Waals surface area contributed by atoms with Crippen molar-refractivity contribution in [1.29, 1.82) is 0 Å². The molecular formula is C22H28FN3O2. The molecule has 1 aliphatic carbocycles. The quantitative estimate of drug-likeness (QED) is 0.743. The van der Waals surface area contributed by atoms with Gasteiger partial charge in [0.15, 0.2) is 0 Å². The molecule has 1 saturated carbocycles. The van der Waals surface area contributed by atoms with Gasteiger partial charge in [-0.1, -0.05) is 31.0 Å².